The second kappa shape index (κ2) is 44.7. The topological polar surface area (TPSA) is 247 Å². The summed E-state index contributed by atoms with van der Waals surface area (Å²) in [5.41, 5.74) is 2.26. The molecule has 6 aliphatic rings. The summed E-state index contributed by atoms with van der Waals surface area (Å²) in [7, 11) is 13.9. The molecule has 126 heavy (non-hydrogen) atoms. The Morgan fingerprint density at radius 2 is 0.373 bits per heavy atom. The van der Waals surface area contributed by atoms with Crippen LogP contribution in [0, 0.1) is 35.5 Å². The van der Waals surface area contributed by atoms with E-state index >= 15 is 0 Å². The maximum absolute atomic E-state index is 5.33. The van der Waals surface area contributed by atoms with Crippen LogP contribution in [0.1, 0.15) is 372 Å². The summed E-state index contributed by atoms with van der Waals surface area (Å²) < 4.78 is 0. The van der Waals surface area contributed by atoms with E-state index < -0.39 is 0 Å². The van der Waals surface area contributed by atoms with Crippen LogP contribution >= 0.6 is 0 Å². The van der Waals surface area contributed by atoms with Crippen LogP contribution in [-0.2, 0) is 0 Å². The molecule has 9 heterocycles. The Hall–Kier alpha value is -5.05. The third-order valence-electron chi connectivity index (χ3n) is 32.7. The predicted molar refractivity (Wildman–Crippen MR) is 537 cm³/mol. The molecule has 6 fully saturated rings. The minimum Gasteiger partial charge on any atom is -0.354 e. The minimum absolute atomic E-state index is 0.177. The van der Waals surface area contributed by atoms with E-state index in [0.29, 0.717) is 103 Å². The molecule has 0 saturated carbocycles. The molecular weight excluding hydrogens is 1560 g/mol. The van der Waals surface area contributed by atoms with Crippen molar-refractivity contribution in [3.63, 3.8) is 0 Å². The van der Waals surface area contributed by atoms with Gasteiger partial charge in [0.05, 0.1) is 0 Å². The van der Waals surface area contributed by atoms with E-state index in [1.807, 2.05) is 0 Å². The number of nitrogens with zero attached hydrogens (tertiary/aromatic N) is 16. The molecule has 6 aliphatic heterocycles. The van der Waals surface area contributed by atoms with E-state index in [1.54, 1.807) is 0 Å². The highest BCUT2D eigenvalue weighted by Gasteiger charge is 2.49. The lowest BCUT2D eigenvalue weighted by Crippen LogP contribution is -2.58. The lowest BCUT2D eigenvalue weighted by atomic mass is 9.72. The summed E-state index contributed by atoms with van der Waals surface area (Å²) in [6.07, 6.45) is 37.2. The Bertz CT molecular complexity index is 3430. The van der Waals surface area contributed by atoms with Gasteiger partial charge >= 0.3 is 0 Å². The predicted octanol–water partition coefficient (Wildman–Crippen LogP) is 20.5. The van der Waals surface area contributed by atoms with Crippen LogP contribution < -0.4 is 52.8 Å². The minimum atomic E-state index is 0.177. The van der Waals surface area contributed by atoms with E-state index in [-0.39, 0.29) is 66.5 Å². The van der Waals surface area contributed by atoms with Crippen molar-refractivity contribution in [2.75, 3.05) is 168 Å². The number of rotatable bonds is 50. The number of aromatic nitrogens is 9. The first-order valence-corrected chi connectivity index (χ1v) is 50.9. The largest absolute Gasteiger partial charge is 0.354 e. The quantitative estimate of drug-likeness (QED) is 0.0238. The number of anilines is 9. The fraction of sp³-hybridized carbons (Fsp3) is 0.911. The highest BCUT2D eigenvalue weighted by atomic mass is 15.4. The van der Waals surface area contributed by atoms with Crippen molar-refractivity contribution in [2.24, 2.45) is 35.5 Å². The molecule has 6 saturated heterocycles. The Labute approximate surface area is 770 Å². The van der Waals surface area contributed by atoms with Gasteiger partial charge in [-0.1, -0.05) is 77.0 Å². The molecule has 0 spiro atoms. The van der Waals surface area contributed by atoms with E-state index in [9.17, 15) is 0 Å². The highest BCUT2D eigenvalue weighted by Crippen LogP contribution is 2.48. The number of likely N-dealkylation sites (tertiary alicyclic amines) is 6. The van der Waals surface area contributed by atoms with Crippen molar-refractivity contribution >= 4 is 53.5 Å². The molecule has 0 unspecified atom stereocenters. The van der Waals surface area contributed by atoms with Crippen molar-refractivity contribution in [1.82, 2.24) is 79.6 Å². The van der Waals surface area contributed by atoms with Gasteiger partial charge < -0.3 is 52.8 Å². The molecule has 0 bridgehead atoms. The molecule has 0 aliphatic carbocycles. The molecule has 722 valence electrons. The summed E-state index contributed by atoms with van der Waals surface area (Å²) in [6.45, 7) is 67.2. The van der Waals surface area contributed by atoms with Crippen LogP contribution in [0.15, 0.2) is 0 Å². The number of hydrogen-bond acceptors (Lipinski definition) is 25. The summed E-state index contributed by atoms with van der Waals surface area (Å²) in [5.74, 6) is 9.86. The van der Waals surface area contributed by atoms with Crippen LogP contribution in [0.4, 0.5) is 53.5 Å². The lowest BCUT2D eigenvalue weighted by Gasteiger charge is -2.54. The summed E-state index contributed by atoms with van der Waals surface area (Å²) in [6, 6.07) is 0. The van der Waals surface area contributed by atoms with Crippen LogP contribution in [-0.4, -0.2) is 262 Å². The zero-order valence-corrected chi connectivity index (χ0v) is 86.7. The smallest absolute Gasteiger partial charge is 0.232 e. The first-order valence-electron chi connectivity index (χ1n) is 50.9. The number of hydrogen-bond donors (Lipinski definition) is 9. The van der Waals surface area contributed by atoms with Gasteiger partial charge in [-0.3, -0.25) is 29.4 Å². The van der Waals surface area contributed by atoms with Gasteiger partial charge in [0.25, 0.3) is 0 Å². The second-order valence-electron chi connectivity index (χ2n) is 48.5. The van der Waals surface area contributed by atoms with Crippen LogP contribution in [0.25, 0.3) is 0 Å². The average molecular weight is 1760 g/mol. The second-order valence-corrected chi connectivity index (χ2v) is 48.5. The van der Waals surface area contributed by atoms with Crippen molar-refractivity contribution in [1.29, 1.82) is 0 Å². The summed E-state index contributed by atoms with van der Waals surface area (Å²) >= 11 is 0. The zero-order chi connectivity index (χ0) is 92.5. The third-order valence-corrected chi connectivity index (χ3v) is 32.7. The molecule has 25 heteroatoms. The molecule has 0 amide bonds. The van der Waals surface area contributed by atoms with Crippen molar-refractivity contribution in [3.8, 4) is 0 Å². The average Bonchev–Trinajstić information content (AvgIpc) is 0.802. The fourth-order valence-electron chi connectivity index (χ4n) is 24.7. The van der Waals surface area contributed by atoms with Gasteiger partial charge in [-0.25, -0.2) is 0 Å². The SMILES string of the molecule is CN1C(C)(C)CC(CCCCNc2nc(NCCCCC3CC(C)(C)N(C)C(C)(C)C3)nc(NCCCNCCN(CCCNc3nc(NCCCCC4CC(C)(C)N(C)C(C)(C)C4)nc(NCCCCC4CC(C)(C)N(C)C(C)(C)C4)n3)c3nc(NCCCCC4CC(C)(C)N(C)C(C)(C)C4)nc(NCCCCC4CC(C)(C)N(C)C(C)(C)C4)n3)n2)CC1(C)C. The fourth-order valence-corrected chi connectivity index (χ4v) is 24.7. The Balaban J connectivity index is 0.884. The van der Waals surface area contributed by atoms with Gasteiger partial charge in [0, 0.05) is 138 Å². The van der Waals surface area contributed by atoms with Crippen LogP contribution in [0.5, 0.6) is 0 Å². The van der Waals surface area contributed by atoms with Gasteiger partial charge in [-0.2, -0.15) is 44.9 Å². The van der Waals surface area contributed by atoms with Gasteiger partial charge in [-0.05, 0) is 379 Å². The monoisotopic (exact) mass is 1760 g/mol. The van der Waals surface area contributed by atoms with Gasteiger partial charge in [-0.15, -0.1) is 0 Å². The molecule has 3 aromatic rings. The Morgan fingerprint density at radius 1 is 0.206 bits per heavy atom. The van der Waals surface area contributed by atoms with Crippen molar-refractivity contribution in [2.45, 2.75) is 438 Å². The summed E-state index contributed by atoms with van der Waals surface area (Å²) in [4.78, 5) is 63.9. The van der Waals surface area contributed by atoms with E-state index in [4.69, 9.17) is 44.9 Å². The molecule has 0 atom stereocenters. The Kier molecular flexibility index (Phi) is 37.1. The van der Waals surface area contributed by atoms with Crippen LogP contribution in [0.3, 0.4) is 0 Å². The molecular formula is C101H193N25. The first-order chi connectivity index (χ1) is 58.8. The van der Waals surface area contributed by atoms with Crippen LogP contribution in [0.2, 0.25) is 0 Å². The molecule has 0 aromatic carbocycles. The van der Waals surface area contributed by atoms with E-state index in [1.165, 1.54) is 141 Å². The number of unbranched alkanes of at least 4 members (excludes halogenated alkanes) is 6. The van der Waals surface area contributed by atoms with Gasteiger partial charge in [0.1, 0.15) is 0 Å². The van der Waals surface area contributed by atoms with Crippen molar-refractivity contribution in [3.05, 3.63) is 0 Å². The summed E-state index contributed by atoms with van der Waals surface area (Å²) in [5, 5.41) is 33.3. The van der Waals surface area contributed by atoms with E-state index in [0.717, 1.165) is 128 Å². The maximum atomic E-state index is 5.33. The number of piperidine rings is 6. The molecule has 9 N–H and O–H groups in total. The van der Waals surface area contributed by atoms with Gasteiger partial charge in [0.2, 0.25) is 53.5 Å². The number of nitrogens with one attached hydrogen (secondary N) is 9. The maximum Gasteiger partial charge on any atom is 0.232 e. The zero-order valence-electron chi connectivity index (χ0n) is 86.7. The molecule has 25 nitrogen and oxygen atoms in total. The third kappa shape index (κ3) is 30.8. The standard InChI is InChI=1S/C101H193N25/c1-90(2)63-75(64-91(3,4)120(90)25)45-31-37-52-103-81-111-82(104-53-38-32-46-76-65-92(5,6)121(26)93(7,8)66-76)114-85(113-81)109-58-43-51-102-60-62-126(89-118-87(107-56-41-35-49-79-71-98(17,18)124(29)99(19,20)72-79)117-88(119-89)108-57-42-36-50-80-73-100(21,22)125(30)101(23,24)74-80)61-44-59-110-86-115-83(105-54-39-33-47-77-67-94(9,10)122(27)95(11,12)68-77)112-84(116-86)106-55-40-34-48-78-69-96(13,14)123(28)97(15,16)70-78/h75-80,102H,31-74H2,1-30H3,(H2,107,108,117,118,119)(H3,103,104,109,111,113,114)(H3,105,106,110,112,115,116). The molecule has 0 radical (unpaired) electrons. The van der Waals surface area contributed by atoms with E-state index in [2.05, 4.69) is 291 Å². The lowest BCUT2D eigenvalue weighted by molar-refractivity contribution is -0.0323. The Morgan fingerprint density at radius 3 is 0.563 bits per heavy atom. The van der Waals surface area contributed by atoms with Gasteiger partial charge in [0.15, 0.2) is 0 Å². The molecule has 9 rings (SSSR count). The van der Waals surface area contributed by atoms with Crippen molar-refractivity contribution < 1.29 is 0 Å². The molecule has 3 aromatic heterocycles. The first kappa shape index (κ1) is 105. The normalized spacial score (nSPS) is 22.9. The highest BCUT2D eigenvalue weighted by molar-refractivity contribution is 5.46.